The first-order valence-electron chi connectivity index (χ1n) is 8.86. The van der Waals surface area contributed by atoms with E-state index in [9.17, 15) is 4.79 Å². The molecule has 6 heteroatoms. The third kappa shape index (κ3) is 3.40. The molecule has 5 nitrogen and oxygen atoms in total. The average Bonchev–Trinajstić information content (AvgIpc) is 2.67. The van der Waals surface area contributed by atoms with Crippen LogP contribution < -0.4 is 4.90 Å². The Balaban J connectivity index is 1.43. The third-order valence-electron chi connectivity index (χ3n) is 5.05. The number of carbonyl (C=O) groups is 1. The summed E-state index contributed by atoms with van der Waals surface area (Å²) < 4.78 is 0.850. The monoisotopic (exact) mass is 400 g/mol. The van der Waals surface area contributed by atoms with Crippen LogP contribution in [0.4, 0.5) is 5.82 Å². The number of amides is 1. The molecule has 0 radical (unpaired) electrons. The van der Waals surface area contributed by atoms with E-state index in [0.29, 0.717) is 13.1 Å². The van der Waals surface area contributed by atoms with Crippen molar-refractivity contribution in [2.75, 3.05) is 31.1 Å². The van der Waals surface area contributed by atoms with Gasteiger partial charge in [0.25, 0.3) is 5.91 Å². The van der Waals surface area contributed by atoms with Gasteiger partial charge in [-0.2, -0.15) is 5.10 Å². The van der Waals surface area contributed by atoms with Crippen molar-refractivity contribution < 1.29 is 4.79 Å². The van der Waals surface area contributed by atoms with Crippen LogP contribution in [0.3, 0.4) is 0 Å². The number of aryl methyl sites for hydroxylation is 2. The van der Waals surface area contributed by atoms with Gasteiger partial charge in [-0.25, -0.2) is 0 Å². The number of rotatable bonds is 2. The summed E-state index contributed by atoms with van der Waals surface area (Å²) in [5.41, 5.74) is 3.24. The van der Waals surface area contributed by atoms with Crippen LogP contribution in [0.1, 0.15) is 34.5 Å². The predicted octanol–water partition coefficient (Wildman–Crippen LogP) is 3.08. The lowest BCUT2D eigenvalue weighted by molar-refractivity contribution is 0.0745. The first-order valence-corrected chi connectivity index (χ1v) is 9.66. The molecule has 2 aliphatic rings. The van der Waals surface area contributed by atoms with E-state index in [1.807, 2.05) is 29.2 Å². The van der Waals surface area contributed by atoms with E-state index in [2.05, 4.69) is 37.1 Å². The summed E-state index contributed by atoms with van der Waals surface area (Å²) in [5, 5.41) is 8.85. The van der Waals surface area contributed by atoms with Gasteiger partial charge >= 0.3 is 0 Å². The molecule has 0 N–H and O–H groups in total. The maximum Gasteiger partial charge on any atom is 0.255 e. The molecule has 1 amide bonds. The zero-order valence-electron chi connectivity index (χ0n) is 14.1. The number of anilines is 1. The molecule has 0 spiro atoms. The lowest BCUT2D eigenvalue weighted by Crippen LogP contribution is -2.49. The second kappa shape index (κ2) is 7.12. The minimum Gasteiger partial charge on any atom is -0.352 e. The van der Waals surface area contributed by atoms with Crippen LogP contribution in [-0.4, -0.2) is 47.2 Å². The summed E-state index contributed by atoms with van der Waals surface area (Å²) >= 11 is 3.47. The summed E-state index contributed by atoms with van der Waals surface area (Å²) in [7, 11) is 0. The predicted molar refractivity (Wildman–Crippen MR) is 101 cm³/mol. The fraction of sp³-hybridized carbons (Fsp3) is 0.421. The first-order chi connectivity index (χ1) is 12.2. The highest BCUT2D eigenvalue weighted by atomic mass is 79.9. The first kappa shape index (κ1) is 16.5. The van der Waals surface area contributed by atoms with Gasteiger partial charge in [-0.3, -0.25) is 4.79 Å². The van der Waals surface area contributed by atoms with Crippen LogP contribution >= 0.6 is 15.9 Å². The van der Waals surface area contributed by atoms with E-state index in [-0.39, 0.29) is 5.91 Å². The summed E-state index contributed by atoms with van der Waals surface area (Å²) in [6, 6.07) is 9.80. The van der Waals surface area contributed by atoms with Gasteiger partial charge < -0.3 is 9.80 Å². The Morgan fingerprint density at radius 3 is 2.56 bits per heavy atom. The number of carbonyl (C=O) groups excluding carboxylic acids is 1. The molecule has 0 atom stereocenters. The normalized spacial score (nSPS) is 17.3. The highest BCUT2D eigenvalue weighted by Crippen LogP contribution is 2.24. The van der Waals surface area contributed by atoms with E-state index < -0.39 is 0 Å². The largest absolute Gasteiger partial charge is 0.352 e. The Kier molecular flexibility index (Phi) is 4.70. The van der Waals surface area contributed by atoms with E-state index in [1.165, 1.54) is 18.4 Å². The quantitative estimate of drug-likeness (QED) is 0.776. The van der Waals surface area contributed by atoms with E-state index in [1.54, 1.807) is 0 Å². The van der Waals surface area contributed by atoms with Gasteiger partial charge in [0.15, 0.2) is 5.82 Å². The molecule has 0 bridgehead atoms. The maximum atomic E-state index is 12.7. The number of piperazine rings is 1. The van der Waals surface area contributed by atoms with Crippen molar-refractivity contribution in [3.8, 4) is 0 Å². The van der Waals surface area contributed by atoms with Gasteiger partial charge in [-0.05, 0) is 65.4 Å². The Morgan fingerprint density at radius 1 is 1.00 bits per heavy atom. The van der Waals surface area contributed by atoms with E-state index >= 15 is 0 Å². The molecule has 1 fully saturated rings. The minimum absolute atomic E-state index is 0.0867. The van der Waals surface area contributed by atoms with Gasteiger partial charge in [0, 0.05) is 30.7 Å². The van der Waals surface area contributed by atoms with Crippen LogP contribution in [0.25, 0.3) is 0 Å². The van der Waals surface area contributed by atoms with E-state index in [4.69, 9.17) is 0 Å². The molecule has 2 heterocycles. The van der Waals surface area contributed by atoms with Gasteiger partial charge in [-0.1, -0.05) is 12.1 Å². The Hall–Kier alpha value is -1.95. The van der Waals surface area contributed by atoms with Crippen LogP contribution in [0, 0.1) is 0 Å². The van der Waals surface area contributed by atoms with Gasteiger partial charge in [0.2, 0.25) is 0 Å². The van der Waals surface area contributed by atoms with Crippen LogP contribution in [0.2, 0.25) is 0 Å². The zero-order valence-corrected chi connectivity index (χ0v) is 15.7. The van der Waals surface area contributed by atoms with Crippen molar-refractivity contribution in [3.63, 3.8) is 0 Å². The van der Waals surface area contributed by atoms with Crippen molar-refractivity contribution in [2.24, 2.45) is 0 Å². The SMILES string of the molecule is O=C(c1ccccc1Br)N1CCN(c2cc3c(nn2)CCCC3)CC1. The molecule has 1 aliphatic carbocycles. The number of aromatic nitrogens is 2. The van der Waals surface area contributed by atoms with Crippen molar-refractivity contribution in [2.45, 2.75) is 25.7 Å². The number of nitrogens with zero attached hydrogens (tertiary/aromatic N) is 4. The highest BCUT2D eigenvalue weighted by Gasteiger charge is 2.24. The fourth-order valence-corrected chi connectivity index (χ4v) is 4.03. The summed E-state index contributed by atoms with van der Waals surface area (Å²) in [6.07, 6.45) is 4.62. The average molecular weight is 401 g/mol. The lowest BCUT2D eigenvalue weighted by atomic mass is 9.97. The lowest BCUT2D eigenvalue weighted by Gasteiger charge is -2.35. The molecule has 1 saturated heterocycles. The summed E-state index contributed by atoms with van der Waals surface area (Å²) in [6.45, 7) is 3.01. The molecular weight excluding hydrogens is 380 g/mol. The van der Waals surface area contributed by atoms with Gasteiger partial charge in [0.1, 0.15) is 0 Å². The minimum atomic E-state index is 0.0867. The van der Waals surface area contributed by atoms with Crippen molar-refractivity contribution >= 4 is 27.7 Å². The van der Waals surface area contributed by atoms with E-state index in [0.717, 1.165) is 47.5 Å². The number of hydrogen-bond acceptors (Lipinski definition) is 4. The number of hydrogen-bond donors (Lipinski definition) is 0. The van der Waals surface area contributed by atoms with Gasteiger partial charge in [-0.15, -0.1) is 5.10 Å². The molecule has 2 aromatic rings. The maximum absolute atomic E-state index is 12.7. The standard InChI is InChI=1S/C19H21BrN4O/c20-16-7-3-2-6-15(16)19(25)24-11-9-23(10-12-24)18-13-14-5-1-4-8-17(14)21-22-18/h2-3,6-7,13H,1,4-5,8-12H2. The Bertz CT molecular complexity index is 787. The molecule has 1 aromatic carbocycles. The fourth-order valence-electron chi connectivity index (χ4n) is 3.58. The number of benzene rings is 1. The topological polar surface area (TPSA) is 49.3 Å². The molecule has 0 unspecified atom stereocenters. The molecule has 0 saturated carbocycles. The number of fused-ring (bicyclic) bond motifs is 1. The smallest absolute Gasteiger partial charge is 0.255 e. The van der Waals surface area contributed by atoms with Crippen LogP contribution in [-0.2, 0) is 12.8 Å². The summed E-state index contributed by atoms with van der Waals surface area (Å²) in [4.78, 5) is 16.9. The second-order valence-corrected chi connectivity index (χ2v) is 7.50. The molecule has 130 valence electrons. The van der Waals surface area contributed by atoms with Crippen LogP contribution in [0.15, 0.2) is 34.8 Å². The van der Waals surface area contributed by atoms with Crippen LogP contribution in [0.5, 0.6) is 0 Å². The molecule has 4 rings (SSSR count). The molecule has 1 aromatic heterocycles. The Morgan fingerprint density at radius 2 is 1.76 bits per heavy atom. The molecule has 25 heavy (non-hydrogen) atoms. The zero-order chi connectivity index (χ0) is 17.2. The summed E-state index contributed by atoms with van der Waals surface area (Å²) in [5.74, 6) is 1.04. The van der Waals surface area contributed by atoms with Gasteiger partial charge in [0.05, 0.1) is 11.3 Å². The third-order valence-corrected chi connectivity index (χ3v) is 5.74. The number of halogens is 1. The Labute approximate surface area is 156 Å². The highest BCUT2D eigenvalue weighted by molar-refractivity contribution is 9.10. The van der Waals surface area contributed by atoms with Crippen molar-refractivity contribution in [1.82, 2.24) is 15.1 Å². The molecule has 1 aliphatic heterocycles. The van der Waals surface area contributed by atoms with Crippen molar-refractivity contribution in [1.29, 1.82) is 0 Å². The second-order valence-electron chi connectivity index (χ2n) is 6.64. The van der Waals surface area contributed by atoms with Crippen molar-refractivity contribution in [3.05, 3.63) is 51.6 Å². The molecular formula is C19H21BrN4O.